The number of nitrogens with zero attached hydrogens (tertiary/aromatic N) is 2. The number of benzene rings is 1. The quantitative estimate of drug-likeness (QED) is 0.888. The summed E-state index contributed by atoms with van der Waals surface area (Å²) >= 11 is 0. The van der Waals surface area contributed by atoms with Crippen LogP contribution < -0.4 is 4.72 Å². The lowest BCUT2D eigenvalue weighted by Crippen LogP contribution is -2.24. The first-order valence-electron chi connectivity index (χ1n) is 5.94. The standard InChI is InChI=1S/C13H14N4O2S/c1-9-13(10(2)17-16-9)20(18,19)15-8-12-5-3-11(7-14)4-6-12/h3-6,15H,8H2,1-2H3,(H,16,17). The molecule has 1 aromatic carbocycles. The molecule has 1 heterocycles. The van der Waals surface area contributed by atoms with Crippen LogP contribution in [-0.4, -0.2) is 18.6 Å². The molecule has 0 unspecified atom stereocenters. The second-order valence-corrected chi connectivity index (χ2v) is 6.10. The van der Waals surface area contributed by atoms with Crippen molar-refractivity contribution in [3.8, 4) is 6.07 Å². The fourth-order valence-electron chi connectivity index (χ4n) is 1.88. The number of aryl methyl sites for hydroxylation is 2. The van der Waals surface area contributed by atoms with E-state index in [4.69, 9.17) is 5.26 Å². The van der Waals surface area contributed by atoms with Gasteiger partial charge >= 0.3 is 0 Å². The van der Waals surface area contributed by atoms with Crippen LogP contribution in [-0.2, 0) is 16.6 Å². The van der Waals surface area contributed by atoms with Gasteiger partial charge in [0.25, 0.3) is 0 Å². The summed E-state index contributed by atoms with van der Waals surface area (Å²) in [6.07, 6.45) is 0. The molecule has 0 aliphatic rings. The first-order chi connectivity index (χ1) is 9.44. The van der Waals surface area contributed by atoms with Gasteiger partial charge in [-0.05, 0) is 31.5 Å². The summed E-state index contributed by atoms with van der Waals surface area (Å²) in [4.78, 5) is 0.186. The topological polar surface area (TPSA) is 98.6 Å². The van der Waals surface area contributed by atoms with Crippen molar-refractivity contribution in [3.63, 3.8) is 0 Å². The molecule has 0 aliphatic carbocycles. The number of rotatable bonds is 4. The third-order valence-corrected chi connectivity index (χ3v) is 4.54. The van der Waals surface area contributed by atoms with Crippen LogP contribution in [0.1, 0.15) is 22.5 Å². The van der Waals surface area contributed by atoms with Crippen molar-refractivity contribution >= 4 is 10.0 Å². The van der Waals surface area contributed by atoms with Gasteiger partial charge < -0.3 is 0 Å². The first kappa shape index (κ1) is 14.2. The summed E-state index contributed by atoms with van der Waals surface area (Å²) in [6.45, 7) is 3.47. The Morgan fingerprint density at radius 2 is 1.95 bits per heavy atom. The Hall–Kier alpha value is -2.17. The number of nitriles is 1. The Morgan fingerprint density at radius 1 is 1.30 bits per heavy atom. The summed E-state index contributed by atoms with van der Waals surface area (Å²) in [5.74, 6) is 0. The van der Waals surface area contributed by atoms with Crippen LogP contribution in [0.5, 0.6) is 0 Å². The Bertz CT molecular complexity index is 735. The largest absolute Gasteiger partial charge is 0.281 e. The van der Waals surface area contributed by atoms with Crippen molar-refractivity contribution in [2.24, 2.45) is 0 Å². The molecule has 0 atom stereocenters. The number of aromatic amines is 1. The molecule has 7 heteroatoms. The van der Waals surface area contributed by atoms with Crippen molar-refractivity contribution in [3.05, 3.63) is 46.8 Å². The summed E-state index contributed by atoms with van der Waals surface area (Å²) < 4.78 is 26.9. The Balaban J connectivity index is 2.15. The molecule has 0 aliphatic heterocycles. The summed E-state index contributed by atoms with van der Waals surface area (Å²) in [6, 6.07) is 8.75. The van der Waals surface area contributed by atoms with E-state index in [9.17, 15) is 8.42 Å². The van der Waals surface area contributed by atoms with Gasteiger partial charge in [-0.3, -0.25) is 5.10 Å². The maximum atomic E-state index is 12.2. The Kier molecular flexibility index (Phi) is 3.88. The molecule has 0 fully saturated rings. The zero-order chi connectivity index (χ0) is 14.8. The Morgan fingerprint density at radius 3 is 2.45 bits per heavy atom. The second kappa shape index (κ2) is 5.45. The van der Waals surface area contributed by atoms with Gasteiger partial charge in [0.05, 0.1) is 23.0 Å². The number of hydrogen-bond donors (Lipinski definition) is 2. The molecular formula is C13H14N4O2S. The van der Waals surface area contributed by atoms with E-state index in [1.54, 1.807) is 38.1 Å². The van der Waals surface area contributed by atoms with Crippen molar-refractivity contribution in [2.45, 2.75) is 25.3 Å². The molecule has 0 bridgehead atoms. The maximum absolute atomic E-state index is 12.2. The van der Waals surface area contributed by atoms with Gasteiger partial charge in [0, 0.05) is 6.54 Å². The fraction of sp³-hybridized carbons (Fsp3) is 0.231. The summed E-state index contributed by atoms with van der Waals surface area (Å²) in [5, 5.41) is 15.2. The second-order valence-electron chi connectivity index (χ2n) is 4.40. The van der Waals surface area contributed by atoms with Crippen LogP contribution in [0.3, 0.4) is 0 Å². The van der Waals surface area contributed by atoms with Gasteiger partial charge in [0.15, 0.2) is 0 Å². The summed E-state index contributed by atoms with van der Waals surface area (Å²) in [7, 11) is -3.60. The molecule has 0 saturated carbocycles. The average Bonchev–Trinajstić information content (AvgIpc) is 2.77. The molecule has 1 aromatic heterocycles. The molecule has 6 nitrogen and oxygen atoms in total. The van der Waals surface area contributed by atoms with Crippen LogP contribution >= 0.6 is 0 Å². The maximum Gasteiger partial charge on any atom is 0.244 e. The highest BCUT2D eigenvalue weighted by Crippen LogP contribution is 2.16. The zero-order valence-corrected chi connectivity index (χ0v) is 12.0. The minimum absolute atomic E-state index is 0.165. The predicted octanol–water partition coefficient (Wildman–Crippen LogP) is 1.38. The third-order valence-electron chi connectivity index (χ3n) is 2.88. The van der Waals surface area contributed by atoms with E-state index < -0.39 is 10.0 Å². The summed E-state index contributed by atoms with van der Waals surface area (Å²) in [5.41, 5.74) is 2.27. The fourth-order valence-corrected chi connectivity index (χ4v) is 3.27. The van der Waals surface area contributed by atoms with Gasteiger partial charge in [0.1, 0.15) is 4.90 Å². The van der Waals surface area contributed by atoms with Crippen molar-refractivity contribution in [1.29, 1.82) is 5.26 Å². The molecule has 0 amide bonds. The third kappa shape index (κ3) is 2.87. The van der Waals surface area contributed by atoms with E-state index in [2.05, 4.69) is 14.9 Å². The van der Waals surface area contributed by atoms with Crippen LogP contribution in [0.2, 0.25) is 0 Å². The lowest BCUT2D eigenvalue weighted by atomic mass is 10.1. The number of H-pyrrole nitrogens is 1. The molecule has 20 heavy (non-hydrogen) atoms. The highest BCUT2D eigenvalue weighted by molar-refractivity contribution is 7.89. The van der Waals surface area contributed by atoms with Gasteiger partial charge in [-0.25, -0.2) is 13.1 Å². The number of aromatic nitrogens is 2. The molecular weight excluding hydrogens is 276 g/mol. The van der Waals surface area contributed by atoms with Crippen LogP contribution in [0.4, 0.5) is 0 Å². The highest BCUT2D eigenvalue weighted by Gasteiger charge is 2.21. The lowest BCUT2D eigenvalue weighted by molar-refractivity contribution is 0.580. The predicted molar refractivity (Wildman–Crippen MR) is 73.2 cm³/mol. The number of nitrogens with one attached hydrogen (secondary N) is 2. The number of hydrogen-bond acceptors (Lipinski definition) is 4. The normalized spacial score (nSPS) is 11.2. The van der Waals surface area contributed by atoms with Crippen LogP contribution in [0, 0.1) is 25.2 Å². The van der Waals surface area contributed by atoms with E-state index in [1.807, 2.05) is 6.07 Å². The lowest BCUT2D eigenvalue weighted by Gasteiger charge is -2.07. The smallest absolute Gasteiger partial charge is 0.244 e. The minimum Gasteiger partial charge on any atom is -0.281 e. The first-order valence-corrected chi connectivity index (χ1v) is 7.42. The van der Waals surface area contributed by atoms with E-state index in [-0.39, 0.29) is 11.4 Å². The number of sulfonamides is 1. The molecule has 0 radical (unpaired) electrons. The molecule has 104 valence electrons. The van der Waals surface area contributed by atoms with Crippen LogP contribution in [0.25, 0.3) is 0 Å². The molecule has 2 aromatic rings. The van der Waals surface area contributed by atoms with E-state index >= 15 is 0 Å². The van der Waals surface area contributed by atoms with E-state index in [0.29, 0.717) is 17.0 Å². The molecule has 2 N–H and O–H groups in total. The molecule has 2 rings (SSSR count). The van der Waals surface area contributed by atoms with Gasteiger partial charge in [-0.1, -0.05) is 12.1 Å². The molecule has 0 saturated heterocycles. The van der Waals surface area contributed by atoms with E-state index in [0.717, 1.165) is 5.56 Å². The van der Waals surface area contributed by atoms with Crippen LogP contribution in [0.15, 0.2) is 29.2 Å². The van der Waals surface area contributed by atoms with E-state index in [1.165, 1.54) is 0 Å². The van der Waals surface area contributed by atoms with Crippen molar-refractivity contribution in [1.82, 2.24) is 14.9 Å². The zero-order valence-electron chi connectivity index (χ0n) is 11.1. The van der Waals surface area contributed by atoms with Gasteiger partial charge in [-0.2, -0.15) is 10.4 Å². The van der Waals surface area contributed by atoms with Gasteiger partial charge in [0.2, 0.25) is 10.0 Å². The average molecular weight is 290 g/mol. The van der Waals surface area contributed by atoms with Crippen molar-refractivity contribution in [2.75, 3.05) is 0 Å². The highest BCUT2D eigenvalue weighted by atomic mass is 32.2. The van der Waals surface area contributed by atoms with Crippen molar-refractivity contribution < 1.29 is 8.42 Å². The Labute approximate surface area is 117 Å². The van der Waals surface area contributed by atoms with Gasteiger partial charge in [-0.15, -0.1) is 0 Å². The minimum atomic E-state index is -3.60. The molecule has 0 spiro atoms. The monoisotopic (exact) mass is 290 g/mol. The SMILES string of the molecule is Cc1n[nH]c(C)c1S(=O)(=O)NCc1ccc(C#N)cc1.